The zero-order valence-electron chi connectivity index (χ0n) is 8.00. The van der Waals surface area contributed by atoms with Crippen LogP contribution in [0, 0.1) is 18.3 Å². The van der Waals surface area contributed by atoms with Crippen molar-refractivity contribution in [2.24, 2.45) is 5.73 Å². The Balaban J connectivity index is 3.44. The molecule has 0 unspecified atom stereocenters. The summed E-state index contributed by atoms with van der Waals surface area (Å²) in [4.78, 5) is 11.0. The van der Waals surface area contributed by atoms with Crippen LogP contribution in [0.1, 0.15) is 21.5 Å². The molecule has 0 heterocycles. The van der Waals surface area contributed by atoms with E-state index >= 15 is 0 Å². The number of nitrogens with zero attached hydrogens (tertiary/aromatic N) is 1. The summed E-state index contributed by atoms with van der Waals surface area (Å²) in [6.45, 7) is 1.69. The summed E-state index contributed by atoms with van der Waals surface area (Å²) in [7, 11) is 1.45. The highest BCUT2D eigenvalue weighted by Crippen LogP contribution is 2.25. The molecular weight excluding hydrogens is 180 g/mol. The van der Waals surface area contributed by atoms with Gasteiger partial charge < -0.3 is 10.5 Å². The Labute approximate surface area is 81.9 Å². The second kappa shape index (κ2) is 3.79. The fourth-order valence-corrected chi connectivity index (χ4v) is 1.31. The van der Waals surface area contributed by atoms with Crippen LogP contribution in [0.3, 0.4) is 0 Å². The van der Waals surface area contributed by atoms with E-state index in [1.165, 1.54) is 19.2 Å². The number of nitrogens with two attached hydrogens (primary N) is 1. The average Bonchev–Trinajstić information content (AvgIpc) is 2.16. The van der Waals surface area contributed by atoms with Crippen molar-refractivity contribution in [1.82, 2.24) is 0 Å². The number of carbonyl (C=O) groups is 1. The molecule has 0 aliphatic rings. The quantitative estimate of drug-likeness (QED) is 0.755. The minimum Gasteiger partial charge on any atom is -0.495 e. The summed E-state index contributed by atoms with van der Waals surface area (Å²) in [5, 5.41) is 8.76. The molecule has 0 saturated carbocycles. The molecule has 0 aliphatic carbocycles. The van der Waals surface area contributed by atoms with Crippen LogP contribution in [0.15, 0.2) is 12.1 Å². The van der Waals surface area contributed by atoms with Crippen molar-refractivity contribution in [1.29, 1.82) is 5.26 Å². The summed E-state index contributed by atoms with van der Waals surface area (Å²) < 4.78 is 5.03. The van der Waals surface area contributed by atoms with Crippen molar-refractivity contribution in [3.05, 3.63) is 28.8 Å². The van der Waals surface area contributed by atoms with Crippen molar-refractivity contribution in [3.8, 4) is 11.8 Å². The van der Waals surface area contributed by atoms with Gasteiger partial charge in [0.1, 0.15) is 11.8 Å². The van der Waals surface area contributed by atoms with E-state index in [2.05, 4.69) is 0 Å². The summed E-state index contributed by atoms with van der Waals surface area (Å²) in [6, 6.07) is 5.02. The molecule has 0 aromatic heterocycles. The molecule has 0 spiro atoms. The number of nitriles is 1. The van der Waals surface area contributed by atoms with Crippen LogP contribution < -0.4 is 10.5 Å². The van der Waals surface area contributed by atoms with Gasteiger partial charge in [-0.25, -0.2) is 0 Å². The van der Waals surface area contributed by atoms with Crippen molar-refractivity contribution in [2.75, 3.05) is 7.11 Å². The van der Waals surface area contributed by atoms with E-state index in [4.69, 9.17) is 15.7 Å². The van der Waals surface area contributed by atoms with Gasteiger partial charge in [0.2, 0.25) is 5.91 Å². The van der Waals surface area contributed by atoms with E-state index in [9.17, 15) is 4.79 Å². The zero-order valence-corrected chi connectivity index (χ0v) is 8.00. The summed E-state index contributed by atoms with van der Waals surface area (Å²) in [6.07, 6.45) is 0. The fourth-order valence-electron chi connectivity index (χ4n) is 1.31. The third-order valence-electron chi connectivity index (χ3n) is 2.00. The zero-order chi connectivity index (χ0) is 10.7. The molecule has 4 nitrogen and oxygen atoms in total. The van der Waals surface area contributed by atoms with Gasteiger partial charge in [-0.05, 0) is 19.1 Å². The molecule has 1 rings (SSSR count). The van der Waals surface area contributed by atoms with Crippen molar-refractivity contribution >= 4 is 5.91 Å². The van der Waals surface area contributed by atoms with E-state index in [1.807, 2.05) is 6.07 Å². The standard InChI is InChI=1S/C10H10N2O2/c1-6-8(10(12)13)4-3-7(5-11)9(6)14-2/h3-4H,1-2H3,(H2,12,13). The Morgan fingerprint density at radius 2 is 2.21 bits per heavy atom. The van der Waals surface area contributed by atoms with E-state index in [-0.39, 0.29) is 0 Å². The third kappa shape index (κ3) is 1.52. The van der Waals surface area contributed by atoms with Gasteiger partial charge in [0.15, 0.2) is 0 Å². The van der Waals surface area contributed by atoms with Gasteiger partial charge in [-0.2, -0.15) is 5.26 Å². The number of ether oxygens (including phenoxy) is 1. The maximum atomic E-state index is 11.0. The third-order valence-corrected chi connectivity index (χ3v) is 2.00. The smallest absolute Gasteiger partial charge is 0.249 e. The Morgan fingerprint density at radius 3 is 2.64 bits per heavy atom. The number of carbonyl (C=O) groups excluding carboxylic acids is 1. The normalized spacial score (nSPS) is 9.21. The number of rotatable bonds is 2. The van der Waals surface area contributed by atoms with Crippen LogP contribution in [0.4, 0.5) is 0 Å². The SMILES string of the molecule is COc1c(C#N)ccc(C(N)=O)c1C. The molecule has 0 atom stereocenters. The van der Waals surface area contributed by atoms with Crippen LogP contribution in [-0.2, 0) is 0 Å². The molecule has 1 amide bonds. The van der Waals surface area contributed by atoms with Crippen molar-refractivity contribution in [2.45, 2.75) is 6.92 Å². The fraction of sp³-hybridized carbons (Fsp3) is 0.200. The molecule has 2 N–H and O–H groups in total. The van der Waals surface area contributed by atoms with Crippen LogP contribution in [0.2, 0.25) is 0 Å². The first-order valence-corrected chi connectivity index (χ1v) is 3.99. The first kappa shape index (κ1) is 10.1. The maximum absolute atomic E-state index is 11.0. The van der Waals surface area contributed by atoms with Gasteiger partial charge >= 0.3 is 0 Å². The minimum atomic E-state index is -0.523. The predicted molar refractivity (Wildman–Crippen MR) is 51.0 cm³/mol. The molecule has 14 heavy (non-hydrogen) atoms. The predicted octanol–water partition coefficient (Wildman–Crippen LogP) is 0.974. The molecule has 0 radical (unpaired) electrons. The van der Waals surface area contributed by atoms with Gasteiger partial charge in [-0.1, -0.05) is 0 Å². The maximum Gasteiger partial charge on any atom is 0.249 e. The summed E-state index contributed by atoms with van der Waals surface area (Å²) in [5.74, 6) is -0.117. The van der Waals surface area contributed by atoms with Crippen molar-refractivity contribution < 1.29 is 9.53 Å². The summed E-state index contributed by atoms with van der Waals surface area (Å²) >= 11 is 0. The highest BCUT2D eigenvalue weighted by molar-refractivity contribution is 5.95. The van der Waals surface area contributed by atoms with Gasteiger partial charge in [0.05, 0.1) is 12.7 Å². The van der Waals surface area contributed by atoms with Gasteiger partial charge in [-0.3, -0.25) is 4.79 Å². The monoisotopic (exact) mass is 190 g/mol. The Morgan fingerprint density at radius 1 is 1.57 bits per heavy atom. The lowest BCUT2D eigenvalue weighted by molar-refractivity contribution is 0.0999. The Hall–Kier alpha value is -2.02. The number of primary amides is 1. The minimum absolute atomic E-state index is 0.376. The van der Waals surface area contributed by atoms with E-state index < -0.39 is 5.91 Å². The molecule has 4 heteroatoms. The molecule has 0 saturated heterocycles. The van der Waals surface area contributed by atoms with Crippen LogP contribution in [-0.4, -0.2) is 13.0 Å². The Kier molecular flexibility index (Phi) is 2.73. The molecule has 1 aromatic carbocycles. The molecule has 1 aromatic rings. The lowest BCUT2D eigenvalue weighted by atomic mass is 10.0. The van der Waals surface area contributed by atoms with Crippen molar-refractivity contribution in [3.63, 3.8) is 0 Å². The second-order valence-corrected chi connectivity index (χ2v) is 2.79. The van der Waals surface area contributed by atoms with E-state index in [0.29, 0.717) is 22.4 Å². The summed E-state index contributed by atoms with van der Waals surface area (Å²) in [5.41, 5.74) is 6.52. The van der Waals surface area contributed by atoms with E-state index in [0.717, 1.165) is 0 Å². The lowest BCUT2D eigenvalue weighted by Crippen LogP contribution is -2.13. The lowest BCUT2D eigenvalue weighted by Gasteiger charge is -2.09. The largest absolute Gasteiger partial charge is 0.495 e. The number of methoxy groups -OCH3 is 1. The second-order valence-electron chi connectivity index (χ2n) is 2.79. The molecule has 0 bridgehead atoms. The number of benzene rings is 1. The van der Waals surface area contributed by atoms with E-state index in [1.54, 1.807) is 6.92 Å². The van der Waals surface area contributed by atoms with Crippen LogP contribution in [0.25, 0.3) is 0 Å². The topological polar surface area (TPSA) is 76.1 Å². The number of amides is 1. The molecule has 0 aliphatic heterocycles. The molecule has 0 fully saturated rings. The van der Waals surface area contributed by atoms with Gasteiger partial charge in [-0.15, -0.1) is 0 Å². The first-order valence-electron chi connectivity index (χ1n) is 3.99. The van der Waals surface area contributed by atoms with Gasteiger partial charge in [0, 0.05) is 11.1 Å². The number of hydrogen-bond acceptors (Lipinski definition) is 3. The van der Waals surface area contributed by atoms with Crippen LogP contribution >= 0.6 is 0 Å². The first-order chi connectivity index (χ1) is 6.61. The van der Waals surface area contributed by atoms with Gasteiger partial charge in [0.25, 0.3) is 0 Å². The van der Waals surface area contributed by atoms with Crippen LogP contribution in [0.5, 0.6) is 5.75 Å². The Bertz CT molecular complexity index is 419. The highest BCUT2D eigenvalue weighted by Gasteiger charge is 2.13. The average molecular weight is 190 g/mol. The molecule has 72 valence electrons. The highest BCUT2D eigenvalue weighted by atomic mass is 16.5. The molecular formula is C10H10N2O2. The number of hydrogen-bond donors (Lipinski definition) is 1.